The molecule has 3 unspecified atom stereocenters. The normalized spacial score (nSPS) is 31.4. The SMILES string of the molecule is CCC1C2CNCC2CN1Cc1ccc2c(c1)OCCO2. The molecule has 3 aliphatic heterocycles. The molecule has 4 nitrogen and oxygen atoms in total. The summed E-state index contributed by atoms with van der Waals surface area (Å²) in [5.74, 6) is 3.48. The summed E-state index contributed by atoms with van der Waals surface area (Å²) >= 11 is 0. The van der Waals surface area contributed by atoms with E-state index in [1.807, 2.05) is 0 Å². The third kappa shape index (κ3) is 2.40. The Balaban J connectivity index is 1.50. The summed E-state index contributed by atoms with van der Waals surface area (Å²) in [5.41, 5.74) is 1.34. The fourth-order valence-electron chi connectivity index (χ4n) is 4.27. The average Bonchev–Trinajstić information content (AvgIpc) is 3.07. The molecular weight excluding hydrogens is 264 g/mol. The summed E-state index contributed by atoms with van der Waals surface area (Å²) in [7, 11) is 0. The molecular formula is C17H24N2O2. The Labute approximate surface area is 126 Å². The van der Waals surface area contributed by atoms with Crippen molar-refractivity contribution in [2.45, 2.75) is 25.9 Å². The predicted octanol–water partition coefficient (Wildman–Crippen LogP) is 1.89. The maximum atomic E-state index is 5.70. The molecule has 0 spiro atoms. The van der Waals surface area contributed by atoms with E-state index < -0.39 is 0 Å². The Kier molecular flexibility index (Phi) is 3.51. The summed E-state index contributed by atoms with van der Waals surface area (Å²) in [5, 5.41) is 3.55. The Morgan fingerprint density at radius 2 is 2.05 bits per heavy atom. The topological polar surface area (TPSA) is 33.7 Å². The van der Waals surface area contributed by atoms with Crippen molar-refractivity contribution in [1.82, 2.24) is 10.2 Å². The van der Waals surface area contributed by atoms with Gasteiger partial charge in [0, 0.05) is 19.1 Å². The van der Waals surface area contributed by atoms with Gasteiger partial charge in [-0.1, -0.05) is 13.0 Å². The summed E-state index contributed by atoms with van der Waals surface area (Å²) in [6, 6.07) is 7.13. The highest BCUT2D eigenvalue weighted by Gasteiger charge is 2.42. The predicted molar refractivity (Wildman–Crippen MR) is 81.8 cm³/mol. The first-order valence-electron chi connectivity index (χ1n) is 8.18. The highest BCUT2D eigenvalue weighted by Crippen LogP contribution is 2.36. The second kappa shape index (κ2) is 5.50. The number of hydrogen-bond acceptors (Lipinski definition) is 4. The molecule has 3 aliphatic rings. The molecule has 0 saturated carbocycles. The van der Waals surface area contributed by atoms with Gasteiger partial charge in [-0.25, -0.2) is 0 Å². The van der Waals surface area contributed by atoms with Crippen LogP contribution in [0.4, 0.5) is 0 Å². The lowest BCUT2D eigenvalue weighted by Gasteiger charge is -2.27. The van der Waals surface area contributed by atoms with E-state index in [4.69, 9.17) is 9.47 Å². The Morgan fingerprint density at radius 1 is 1.19 bits per heavy atom. The first kappa shape index (κ1) is 13.4. The van der Waals surface area contributed by atoms with Crippen molar-refractivity contribution >= 4 is 0 Å². The van der Waals surface area contributed by atoms with Crippen LogP contribution in [-0.4, -0.2) is 43.8 Å². The molecule has 3 heterocycles. The minimum Gasteiger partial charge on any atom is -0.486 e. The van der Waals surface area contributed by atoms with Gasteiger partial charge < -0.3 is 14.8 Å². The minimum atomic E-state index is 0.659. The maximum Gasteiger partial charge on any atom is 0.161 e. The summed E-state index contributed by atoms with van der Waals surface area (Å²) in [6.07, 6.45) is 1.24. The van der Waals surface area contributed by atoms with Crippen molar-refractivity contribution in [3.8, 4) is 11.5 Å². The van der Waals surface area contributed by atoms with Crippen molar-refractivity contribution < 1.29 is 9.47 Å². The van der Waals surface area contributed by atoms with Gasteiger partial charge in [-0.3, -0.25) is 4.90 Å². The molecule has 4 heteroatoms. The molecule has 0 aromatic heterocycles. The molecule has 1 N–H and O–H groups in total. The molecule has 1 aromatic carbocycles. The molecule has 0 aliphatic carbocycles. The van der Waals surface area contributed by atoms with Gasteiger partial charge in [0.1, 0.15) is 13.2 Å². The Bertz CT molecular complexity index is 520. The first-order valence-corrected chi connectivity index (χ1v) is 8.18. The van der Waals surface area contributed by atoms with Crippen molar-refractivity contribution in [2.75, 3.05) is 32.8 Å². The van der Waals surface area contributed by atoms with Crippen LogP contribution in [0.3, 0.4) is 0 Å². The van der Waals surface area contributed by atoms with Crippen LogP contribution in [0.5, 0.6) is 11.5 Å². The van der Waals surface area contributed by atoms with E-state index in [2.05, 4.69) is 35.3 Å². The number of benzene rings is 1. The van der Waals surface area contributed by atoms with E-state index >= 15 is 0 Å². The zero-order chi connectivity index (χ0) is 14.2. The first-order chi connectivity index (χ1) is 10.3. The van der Waals surface area contributed by atoms with E-state index in [0.717, 1.165) is 35.9 Å². The molecule has 2 fully saturated rings. The van der Waals surface area contributed by atoms with Crippen molar-refractivity contribution in [1.29, 1.82) is 0 Å². The molecule has 114 valence electrons. The van der Waals surface area contributed by atoms with E-state index in [1.165, 1.54) is 31.6 Å². The van der Waals surface area contributed by atoms with Crippen LogP contribution in [0.1, 0.15) is 18.9 Å². The van der Waals surface area contributed by atoms with Gasteiger partial charge in [0.15, 0.2) is 11.5 Å². The number of hydrogen-bond donors (Lipinski definition) is 1. The maximum absolute atomic E-state index is 5.70. The lowest BCUT2D eigenvalue weighted by molar-refractivity contribution is 0.170. The Morgan fingerprint density at radius 3 is 2.90 bits per heavy atom. The van der Waals surface area contributed by atoms with Gasteiger partial charge in [-0.05, 0) is 49.0 Å². The van der Waals surface area contributed by atoms with E-state index in [0.29, 0.717) is 13.2 Å². The van der Waals surface area contributed by atoms with Crippen LogP contribution in [-0.2, 0) is 6.54 Å². The van der Waals surface area contributed by atoms with Crippen molar-refractivity contribution in [3.63, 3.8) is 0 Å². The molecule has 21 heavy (non-hydrogen) atoms. The molecule has 0 radical (unpaired) electrons. The summed E-state index contributed by atoms with van der Waals surface area (Å²) in [4.78, 5) is 2.67. The number of nitrogens with zero attached hydrogens (tertiary/aromatic N) is 1. The quantitative estimate of drug-likeness (QED) is 0.921. The number of likely N-dealkylation sites (tertiary alicyclic amines) is 1. The standard InChI is InChI=1S/C17H24N2O2/c1-2-15-14-9-18-8-13(14)11-19(15)10-12-3-4-16-17(7-12)21-6-5-20-16/h3-4,7,13-15,18H,2,5-6,8-11H2,1H3. The minimum absolute atomic E-state index is 0.659. The summed E-state index contributed by atoms with van der Waals surface area (Å²) < 4.78 is 11.3. The lowest BCUT2D eigenvalue weighted by atomic mass is 9.93. The average molecular weight is 288 g/mol. The van der Waals surface area contributed by atoms with Crippen LogP contribution in [0.2, 0.25) is 0 Å². The van der Waals surface area contributed by atoms with Crippen LogP contribution >= 0.6 is 0 Å². The second-order valence-corrected chi connectivity index (χ2v) is 6.47. The lowest BCUT2D eigenvalue weighted by Crippen LogP contribution is -2.34. The monoisotopic (exact) mass is 288 g/mol. The van der Waals surface area contributed by atoms with Gasteiger partial charge in [-0.2, -0.15) is 0 Å². The van der Waals surface area contributed by atoms with E-state index in [1.54, 1.807) is 0 Å². The van der Waals surface area contributed by atoms with Gasteiger partial charge in [0.25, 0.3) is 0 Å². The number of ether oxygens (including phenoxy) is 2. The van der Waals surface area contributed by atoms with Crippen LogP contribution < -0.4 is 14.8 Å². The van der Waals surface area contributed by atoms with Gasteiger partial charge >= 0.3 is 0 Å². The summed E-state index contributed by atoms with van der Waals surface area (Å²) in [6.45, 7) is 8.29. The third-order valence-electron chi connectivity index (χ3n) is 5.23. The highest BCUT2D eigenvalue weighted by molar-refractivity contribution is 5.43. The highest BCUT2D eigenvalue weighted by atomic mass is 16.6. The van der Waals surface area contributed by atoms with Crippen molar-refractivity contribution in [3.05, 3.63) is 23.8 Å². The van der Waals surface area contributed by atoms with E-state index in [9.17, 15) is 0 Å². The van der Waals surface area contributed by atoms with Crippen LogP contribution in [0, 0.1) is 11.8 Å². The van der Waals surface area contributed by atoms with Gasteiger partial charge in [0.2, 0.25) is 0 Å². The van der Waals surface area contributed by atoms with Crippen LogP contribution in [0.15, 0.2) is 18.2 Å². The molecule has 1 aromatic rings. The smallest absolute Gasteiger partial charge is 0.161 e. The fourth-order valence-corrected chi connectivity index (χ4v) is 4.27. The molecule has 2 saturated heterocycles. The zero-order valence-electron chi connectivity index (χ0n) is 12.7. The number of fused-ring (bicyclic) bond motifs is 2. The molecule has 0 amide bonds. The second-order valence-electron chi connectivity index (χ2n) is 6.47. The number of rotatable bonds is 3. The van der Waals surface area contributed by atoms with E-state index in [-0.39, 0.29) is 0 Å². The zero-order valence-corrected chi connectivity index (χ0v) is 12.7. The van der Waals surface area contributed by atoms with Gasteiger partial charge in [0.05, 0.1) is 0 Å². The van der Waals surface area contributed by atoms with Gasteiger partial charge in [-0.15, -0.1) is 0 Å². The molecule has 4 rings (SSSR count). The third-order valence-corrected chi connectivity index (χ3v) is 5.23. The van der Waals surface area contributed by atoms with Crippen LogP contribution in [0.25, 0.3) is 0 Å². The fraction of sp³-hybridized carbons (Fsp3) is 0.647. The molecule has 3 atom stereocenters. The largest absolute Gasteiger partial charge is 0.486 e. The Hall–Kier alpha value is -1.26. The van der Waals surface area contributed by atoms with Crippen molar-refractivity contribution in [2.24, 2.45) is 11.8 Å². The number of nitrogens with one attached hydrogen (secondary N) is 1. The molecule has 0 bridgehead atoms.